The summed E-state index contributed by atoms with van der Waals surface area (Å²) in [5, 5.41) is 9.79. The van der Waals surface area contributed by atoms with Crippen molar-refractivity contribution in [3.63, 3.8) is 0 Å². The molecule has 1 saturated heterocycles. The smallest absolute Gasteiger partial charge is 0.407 e. The lowest BCUT2D eigenvalue weighted by Crippen LogP contribution is -2.26. The number of fused-ring (bicyclic) bond motifs is 1. The van der Waals surface area contributed by atoms with E-state index in [0.29, 0.717) is 18.2 Å². The summed E-state index contributed by atoms with van der Waals surface area (Å²) in [4.78, 5) is 23.2. The van der Waals surface area contributed by atoms with Gasteiger partial charge in [-0.1, -0.05) is 5.16 Å². The minimum absolute atomic E-state index is 0.0714. The van der Waals surface area contributed by atoms with Crippen molar-refractivity contribution in [2.24, 2.45) is 17.8 Å². The zero-order chi connectivity index (χ0) is 17.6. The van der Waals surface area contributed by atoms with Crippen molar-refractivity contribution in [1.82, 2.24) is 15.8 Å². The first-order valence-corrected chi connectivity index (χ1v) is 8.89. The van der Waals surface area contributed by atoms with Crippen LogP contribution in [-0.4, -0.2) is 43.5 Å². The van der Waals surface area contributed by atoms with Crippen LogP contribution in [0.5, 0.6) is 0 Å². The van der Waals surface area contributed by atoms with E-state index in [1.807, 2.05) is 0 Å². The van der Waals surface area contributed by atoms with Crippen molar-refractivity contribution < 1.29 is 23.6 Å². The lowest BCUT2D eigenvalue weighted by molar-refractivity contribution is 0.0514. The van der Waals surface area contributed by atoms with Crippen LogP contribution in [0.4, 0.5) is 4.79 Å². The Labute approximate surface area is 146 Å². The summed E-state index contributed by atoms with van der Waals surface area (Å²) >= 11 is 0. The van der Waals surface area contributed by atoms with E-state index >= 15 is 0 Å². The van der Waals surface area contributed by atoms with E-state index in [4.69, 9.17) is 14.0 Å². The van der Waals surface area contributed by atoms with Gasteiger partial charge >= 0.3 is 12.1 Å². The Balaban J connectivity index is 1.31. The van der Waals surface area contributed by atoms with Crippen LogP contribution >= 0.6 is 0 Å². The quantitative estimate of drug-likeness (QED) is 0.721. The van der Waals surface area contributed by atoms with Gasteiger partial charge < -0.3 is 24.6 Å². The molecule has 0 aromatic carbocycles. The van der Waals surface area contributed by atoms with Gasteiger partial charge in [-0.3, -0.25) is 0 Å². The van der Waals surface area contributed by atoms with Crippen molar-refractivity contribution in [2.45, 2.75) is 32.8 Å². The molecule has 2 fully saturated rings. The number of rotatable bonds is 7. The highest BCUT2D eigenvalue weighted by Gasteiger charge is 2.36. The minimum Gasteiger partial charge on any atom is -0.461 e. The molecule has 1 saturated carbocycles. The van der Waals surface area contributed by atoms with Crippen molar-refractivity contribution in [3.8, 4) is 0 Å². The van der Waals surface area contributed by atoms with Crippen molar-refractivity contribution in [2.75, 3.05) is 26.2 Å². The molecule has 3 atom stereocenters. The average molecular weight is 351 g/mol. The molecule has 1 aliphatic heterocycles. The summed E-state index contributed by atoms with van der Waals surface area (Å²) < 4.78 is 14.8. The van der Waals surface area contributed by atoms with Gasteiger partial charge in [-0.05, 0) is 57.0 Å². The number of amides is 1. The maximum atomic E-state index is 11.7. The number of alkyl carbamates (subject to hydrolysis) is 1. The summed E-state index contributed by atoms with van der Waals surface area (Å²) in [5.41, 5.74) is 0.0714. The van der Waals surface area contributed by atoms with Crippen LogP contribution < -0.4 is 10.6 Å². The summed E-state index contributed by atoms with van der Waals surface area (Å²) in [7, 11) is 0. The normalized spacial score (nSPS) is 24.8. The van der Waals surface area contributed by atoms with Crippen LogP contribution in [0.2, 0.25) is 0 Å². The predicted octanol–water partition coefficient (Wildman–Crippen LogP) is 1.71. The fourth-order valence-electron chi connectivity index (χ4n) is 3.78. The number of hydrogen-bond acceptors (Lipinski definition) is 7. The molecule has 1 amide bonds. The van der Waals surface area contributed by atoms with E-state index < -0.39 is 12.1 Å². The molecule has 25 heavy (non-hydrogen) atoms. The van der Waals surface area contributed by atoms with E-state index in [1.54, 1.807) is 6.92 Å². The third-order valence-corrected chi connectivity index (χ3v) is 4.96. The topological polar surface area (TPSA) is 103 Å². The van der Waals surface area contributed by atoms with Gasteiger partial charge in [0.25, 0.3) is 0 Å². The molecule has 8 nitrogen and oxygen atoms in total. The molecule has 2 heterocycles. The van der Waals surface area contributed by atoms with E-state index in [-0.39, 0.29) is 18.9 Å². The van der Waals surface area contributed by atoms with Crippen LogP contribution in [0, 0.1) is 17.8 Å². The van der Waals surface area contributed by atoms with E-state index in [0.717, 1.165) is 31.3 Å². The van der Waals surface area contributed by atoms with Crippen LogP contribution in [0.15, 0.2) is 10.6 Å². The number of hydrogen-bond donors (Lipinski definition) is 2. The number of carbonyl (C=O) groups is 2. The molecule has 3 rings (SSSR count). The Morgan fingerprint density at radius 2 is 2.08 bits per heavy atom. The van der Waals surface area contributed by atoms with Crippen LogP contribution in [0.3, 0.4) is 0 Å². The van der Waals surface area contributed by atoms with Gasteiger partial charge in [0.05, 0.1) is 6.61 Å². The molecule has 138 valence electrons. The first-order chi connectivity index (χ1) is 12.2. The number of ether oxygens (including phenoxy) is 2. The van der Waals surface area contributed by atoms with Gasteiger partial charge in [0.15, 0.2) is 18.1 Å². The van der Waals surface area contributed by atoms with Crippen LogP contribution in [-0.2, 0) is 16.1 Å². The molecule has 2 aliphatic rings. The first kappa shape index (κ1) is 17.7. The summed E-state index contributed by atoms with van der Waals surface area (Å²) in [5.74, 6) is 2.07. The second kappa shape index (κ2) is 8.33. The highest BCUT2D eigenvalue weighted by molar-refractivity contribution is 5.87. The largest absolute Gasteiger partial charge is 0.461 e. The Bertz CT molecular complexity index is 591. The SMILES string of the molecule is CCOC(=O)c1cc(COC(=O)NCCC2C[C@H]3CNC[C@H]3C2)on1. The number of aromatic nitrogens is 1. The zero-order valence-electron chi connectivity index (χ0n) is 14.5. The van der Waals surface area contributed by atoms with Gasteiger partial charge in [0.1, 0.15) is 0 Å². The molecule has 1 aromatic heterocycles. The molecule has 8 heteroatoms. The number of nitrogens with one attached hydrogen (secondary N) is 2. The molecular weight excluding hydrogens is 326 g/mol. The van der Waals surface area contributed by atoms with Crippen LogP contribution in [0.1, 0.15) is 42.4 Å². The summed E-state index contributed by atoms with van der Waals surface area (Å²) in [6.07, 6.45) is 3.00. The molecule has 0 bridgehead atoms. The number of esters is 1. The molecule has 1 aromatic rings. The molecule has 2 N–H and O–H groups in total. The Morgan fingerprint density at radius 1 is 1.32 bits per heavy atom. The van der Waals surface area contributed by atoms with E-state index in [9.17, 15) is 9.59 Å². The Hall–Kier alpha value is -2.09. The highest BCUT2D eigenvalue weighted by Crippen LogP contribution is 2.39. The van der Waals surface area contributed by atoms with Gasteiger partial charge in [-0.25, -0.2) is 9.59 Å². The fourth-order valence-corrected chi connectivity index (χ4v) is 3.78. The summed E-state index contributed by atoms with van der Waals surface area (Å²) in [6.45, 7) is 4.79. The molecule has 1 aliphatic carbocycles. The summed E-state index contributed by atoms with van der Waals surface area (Å²) in [6, 6.07) is 1.41. The van der Waals surface area contributed by atoms with Crippen LogP contribution in [0.25, 0.3) is 0 Å². The van der Waals surface area contributed by atoms with Crippen molar-refractivity contribution in [1.29, 1.82) is 0 Å². The Morgan fingerprint density at radius 3 is 2.80 bits per heavy atom. The predicted molar refractivity (Wildman–Crippen MR) is 87.8 cm³/mol. The lowest BCUT2D eigenvalue weighted by Gasteiger charge is -2.11. The molecule has 1 unspecified atom stereocenters. The van der Waals surface area contributed by atoms with E-state index in [2.05, 4.69) is 15.8 Å². The molecular formula is C17H25N3O5. The van der Waals surface area contributed by atoms with E-state index in [1.165, 1.54) is 18.9 Å². The standard InChI is InChI=1S/C17H25N3O5/c1-2-23-16(21)15-7-14(25-20-15)10-24-17(22)19-4-3-11-5-12-8-18-9-13(12)6-11/h7,11-13,18H,2-6,8-10H2,1H3,(H,19,22)/t11?,12-,13+. The molecule has 0 spiro atoms. The highest BCUT2D eigenvalue weighted by atomic mass is 16.6. The van der Waals surface area contributed by atoms with Gasteiger partial charge in [0, 0.05) is 12.6 Å². The monoisotopic (exact) mass is 351 g/mol. The maximum Gasteiger partial charge on any atom is 0.407 e. The third-order valence-electron chi connectivity index (χ3n) is 4.96. The number of carbonyl (C=O) groups excluding carboxylic acids is 2. The zero-order valence-corrected chi connectivity index (χ0v) is 14.5. The first-order valence-electron chi connectivity index (χ1n) is 8.89. The minimum atomic E-state index is -0.557. The molecule has 0 radical (unpaired) electrons. The van der Waals surface area contributed by atoms with Gasteiger partial charge in [0.2, 0.25) is 0 Å². The number of nitrogens with zero attached hydrogens (tertiary/aromatic N) is 1. The van der Waals surface area contributed by atoms with Crippen molar-refractivity contribution >= 4 is 12.1 Å². The van der Waals surface area contributed by atoms with Gasteiger partial charge in [-0.2, -0.15) is 0 Å². The second-order valence-corrected chi connectivity index (χ2v) is 6.71. The van der Waals surface area contributed by atoms with Gasteiger partial charge in [-0.15, -0.1) is 0 Å². The maximum absolute atomic E-state index is 11.7. The Kier molecular flexibility index (Phi) is 5.91. The lowest BCUT2D eigenvalue weighted by atomic mass is 10.0. The average Bonchev–Trinajstić information content (AvgIpc) is 3.29. The fraction of sp³-hybridized carbons (Fsp3) is 0.706. The van der Waals surface area contributed by atoms with Crippen molar-refractivity contribution in [3.05, 3.63) is 17.5 Å². The second-order valence-electron chi connectivity index (χ2n) is 6.71. The third kappa shape index (κ3) is 4.72.